The Morgan fingerprint density at radius 3 is 2.67 bits per heavy atom. The average Bonchev–Trinajstić information content (AvgIpc) is 3.15. The lowest BCUT2D eigenvalue weighted by Crippen LogP contribution is -2.16. The molecule has 30 heavy (non-hydrogen) atoms. The molecule has 4 rings (SSSR count). The Morgan fingerprint density at radius 2 is 1.90 bits per heavy atom. The Hall–Kier alpha value is -3.52. The summed E-state index contributed by atoms with van der Waals surface area (Å²) in [6, 6.07) is 15.7. The maximum atomic E-state index is 14.3. The number of benzene rings is 3. The SMILES string of the molecule is COc1cccc(-c2ccc3sc(COc4ccc(F)c(C(N)=O)c4F)nc3c2)c1. The number of hydrogen-bond donors (Lipinski definition) is 1. The van der Waals surface area contributed by atoms with Crippen molar-refractivity contribution in [3.05, 3.63) is 76.8 Å². The maximum absolute atomic E-state index is 14.3. The molecule has 1 amide bonds. The van der Waals surface area contributed by atoms with Crippen LogP contribution in [0.3, 0.4) is 0 Å². The van der Waals surface area contributed by atoms with Crippen LogP contribution in [0.2, 0.25) is 0 Å². The maximum Gasteiger partial charge on any atom is 0.254 e. The van der Waals surface area contributed by atoms with Gasteiger partial charge in [0.25, 0.3) is 5.91 Å². The molecule has 0 aliphatic rings. The number of hydrogen-bond acceptors (Lipinski definition) is 5. The van der Waals surface area contributed by atoms with E-state index >= 15 is 0 Å². The summed E-state index contributed by atoms with van der Waals surface area (Å²) in [4.78, 5) is 15.8. The molecule has 8 heteroatoms. The summed E-state index contributed by atoms with van der Waals surface area (Å²) >= 11 is 1.40. The van der Waals surface area contributed by atoms with Gasteiger partial charge >= 0.3 is 0 Å². The van der Waals surface area contributed by atoms with Gasteiger partial charge in [-0.2, -0.15) is 0 Å². The number of halogens is 2. The summed E-state index contributed by atoms with van der Waals surface area (Å²) in [5.74, 6) is -2.85. The third-order valence-corrected chi connectivity index (χ3v) is 5.50. The molecule has 0 bridgehead atoms. The second-order valence-corrected chi connectivity index (χ2v) is 7.52. The highest BCUT2D eigenvalue weighted by Gasteiger charge is 2.19. The number of rotatable bonds is 6. The molecule has 0 spiro atoms. The number of nitrogens with two attached hydrogens (primary N) is 1. The highest BCUT2D eigenvalue weighted by molar-refractivity contribution is 7.18. The Bertz CT molecular complexity index is 1260. The van der Waals surface area contributed by atoms with Gasteiger partial charge in [0.1, 0.15) is 28.7 Å². The number of thiazole rings is 1. The predicted molar refractivity (Wildman–Crippen MR) is 111 cm³/mol. The molecule has 0 aliphatic heterocycles. The summed E-state index contributed by atoms with van der Waals surface area (Å²) in [5, 5.41) is 0.608. The molecule has 5 nitrogen and oxygen atoms in total. The van der Waals surface area contributed by atoms with Crippen molar-refractivity contribution in [1.82, 2.24) is 4.98 Å². The van der Waals surface area contributed by atoms with Crippen LogP contribution in [0.25, 0.3) is 21.3 Å². The first-order valence-corrected chi connectivity index (χ1v) is 9.72. The fourth-order valence-electron chi connectivity index (χ4n) is 3.03. The number of primary amides is 1. The fraction of sp³-hybridized carbons (Fsp3) is 0.0909. The zero-order valence-electron chi connectivity index (χ0n) is 15.8. The monoisotopic (exact) mass is 426 g/mol. The molecule has 0 saturated carbocycles. The number of carbonyl (C=O) groups is 1. The third kappa shape index (κ3) is 3.81. The zero-order chi connectivity index (χ0) is 21.3. The second-order valence-electron chi connectivity index (χ2n) is 6.41. The van der Waals surface area contributed by atoms with Gasteiger partial charge in [-0.3, -0.25) is 4.79 Å². The van der Waals surface area contributed by atoms with Gasteiger partial charge in [0.2, 0.25) is 0 Å². The number of fused-ring (bicyclic) bond motifs is 1. The number of aromatic nitrogens is 1. The minimum absolute atomic E-state index is 0.0331. The summed E-state index contributed by atoms with van der Waals surface area (Å²) in [7, 11) is 1.62. The molecule has 2 N–H and O–H groups in total. The number of nitrogens with zero attached hydrogens (tertiary/aromatic N) is 1. The van der Waals surface area contributed by atoms with Gasteiger partial charge in [-0.25, -0.2) is 13.8 Å². The normalized spacial score (nSPS) is 10.9. The summed E-state index contributed by atoms with van der Waals surface area (Å²) < 4.78 is 39.5. The van der Waals surface area contributed by atoms with Crippen LogP contribution in [-0.2, 0) is 6.61 Å². The Kier molecular flexibility index (Phi) is 5.33. The van der Waals surface area contributed by atoms with Crippen molar-refractivity contribution in [3.63, 3.8) is 0 Å². The van der Waals surface area contributed by atoms with Gasteiger partial charge < -0.3 is 15.2 Å². The first-order chi connectivity index (χ1) is 14.5. The average molecular weight is 426 g/mol. The van der Waals surface area contributed by atoms with E-state index in [-0.39, 0.29) is 12.4 Å². The number of carbonyl (C=O) groups excluding carboxylic acids is 1. The third-order valence-electron chi connectivity index (χ3n) is 4.49. The van der Waals surface area contributed by atoms with E-state index in [0.29, 0.717) is 5.01 Å². The molecule has 1 heterocycles. The van der Waals surface area contributed by atoms with Crippen molar-refractivity contribution in [3.8, 4) is 22.6 Å². The highest BCUT2D eigenvalue weighted by Crippen LogP contribution is 2.30. The minimum Gasteiger partial charge on any atom is -0.497 e. The van der Waals surface area contributed by atoms with Crippen LogP contribution < -0.4 is 15.2 Å². The molecular formula is C22H16F2N2O3S. The van der Waals surface area contributed by atoms with Crippen molar-refractivity contribution in [2.45, 2.75) is 6.61 Å². The molecule has 3 aromatic carbocycles. The molecule has 0 unspecified atom stereocenters. The summed E-state index contributed by atoms with van der Waals surface area (Å²) in [6.45, 7) is -0.0331. The van der Waals surface area contributed by atoms with Crippen LogP contribution >= 0.6 is 11.3 Å². The van der Waals surface area contributed by atoms with E-state index in [1.807, 2.05) is 42.5 Å². The lowest BCUT2D eigenvalue weighted by Gasteiger charge is -2.08. The van der Waals surface area contributed by atoms with Gasteiger partial charge in [0.05, 0.1) is 17.3 Å². The van der Waals surface area contributed by atoms with E-state index in [2.05, 4.69) is 4.98 Å². The molecule has 4 aromatic rings. The van der Waals surface area contributed by atoms with Gasteiger partial charge in [0.15, 0.2) is 11.6 Å². The molecule has 0 fully saturated rings. The first kappa shape index (κ1) is 19.8. The zero-order valence-corrected chi connectivity index (χ0v) is 16.6. The topological polar surface area (TPSA) is 74.4 Å². The van der Waals surface area contributed by atoms with E-state index in [1.165, 1.54) is 11.3 Å². The van der Waals surface area contributed by atoms with E-state index in [1.54, 1.807) is 7.11 Å². The lowest BCUT2D eigenvalue weighted by atomic mass is 10.1. The molecule has 1 aromatic heterocycles. The number of methoxy groups -OCH3 is 1. The largest absolute Gasteiger partial charge is 0.497 e. The predicted octanol–water partition coefficient (Wildman–Crippen LogP) is 4.93. The first-order valence-electron chi connectivity index (χ1n) is 8.91. The van der Waals surface area contributed by atoms with E-state index < -0.39 is 23.1 Å². The Morgan fingerprint density at radius 1 is 1.10 bits per heavy atom. The van der Waals surface area contributed by atoms with E-state index in [0.717, 1.165) is 39.2 Å². The number of amides is 1. The standard InChI is InChI=1S/C22H16F2N2O3S/c1-28-14-4-2-3-12(9-14)13-5-8-18-16(10-13)26-19(30-18)11-29-17-7-6-15(23)20(21(17)24)22(25)27/h2-10H,11H2,1H3,(H2,25,27). The molecule has 0 aliphatic carbocycles. The van der Waals surface area contributed by atoms with Crippen LogP contribution in [-0.4, -0.2) is 18.0 Å². The quantitative estimate of drug-likeness (QED) is 0.475. The van der Waals surface area contributed by atoms with Gasteiger partial charge in [-0.1, -0.05) is 18.2 Å². The Balaban J connectivity index is 1.58. The van der Waals surface area contributed by atoms with Gasteiger partial charge in [-0.05, 0) is 47.5 Å². The Labute approximate surface area is 174 Å². The van der Waals surface area contributed by atoms with Crippen LogP contribution in [0.1, 0.15) is 15.4 Å². The molecule has 0 radical (unpaired) electrons. The summed E-state index contributed by atoms with van der Waals surface area (Å²) in [6.07, 6.45) is 0. The molecule has 0 saturated heterocycles. The van der Waals surface area contributed by atoms with Crippen LogP contribution in [0.5, 0.6) is 11.5 Å². The van der Waals surface area contributed by atoms with Crippen LogP contribution in [0.4, 0.5) is 8.78 Å². The second kappa shape index (κ2) is 8.08. The van der Waals surface area contributed by atoms with Crippen molar-refractivity contribution in [2.24, 2.45) is 5.73 Å². The molecule has 0 atom stereocenters. The lowest BCUT2D eigenvalue weighted by molar-refractivity contribution is 0.0991. The van der Waals surface area contributed by atoms with E-state index in [9.17, 15) is 13.6 Å². The van der Waals surface area contributed by atoms with Crippen LogP contribution in [0, 0.1) is 11.6 Å². The molecule has 152 valence electrons. The summed E-state index contributed by atoms with van der Waals surface area (Å²) in [5.41, 5.74) is 6.96. The van der Waals surface area contributed by atoms with Crippen LogP contribution in [0.15, 0.2) is 54.6 Å². The van der Waals surface area contributed by atoms with Crippen molar-refractivity contribution < 1.29 is 23.0 Å². The van der Waals surface area contributed by atoms with Gasteiger partial charge in [0, 0.05) is 0 Å². The van der Waals surface area contributed by atoms with E-state index in [4.69, 9.17) is 15.2 Å². The molecular weight excluding hydrogens is 410 g/mol. The van der Waals surface area contributed by atoms with Crippen molar-refractivity contribution in [2.75, 3.05) is 7.11 Å². The van der Waals surface area contributed by atoms with Gasteiger partial charge in [-0.15, -0.1) is 11.3 Å². The highest BCUT2D eigenvalue weighted by atomic mass is 32.1. The number of ether oxygens (including phenoxy) is 2. The van der Waals surface area contributed by atoms with Crippen molar-refractivity contribution in [1.29, 1.82) is 0 Å². The van der Waals surface area contributed by atoms with Crippen molar-refractivity contribution >= 4 is 27.5 Å². The fourth-order valence-corrected chi connectivity index (χ4v) is 3.89. The minimum atomic E-state index is -1.19. The smallest absolute Gasteiger partial charge is 0.254 e.